The molecule has 7 heteroatoms. The highest BCUT2D eigenvalue weighted by Gasteiger charge is 2.59. The first-order chi connectivity index (χ1) is 16.4. The molecule has 1 saturated carbocycles. The fourth-order valence-electron chi connectivity index (χ4n) is 6.18. The first kappa shape index (κ1) is 25.3. The summed E-state index contributed by atoms with van der Waals surface area (Å²) in [6, 6.07) is 14.0. The van der Waals surface area contributed by atoms with Gasteiger partial charge in [0.05, 0.1) is 25.2 Å². The molecule has 2 aromatic rings. The van der Waals surface area contributed by atoms with Gasteiger partial charge in [0, 0.05) is 22.0 Å². The van der Waals surface area contributed by atoms with Crippen molar-refractivity contribution in [1.82, 2.24) is 5.32 Å². The number of nitrogens with one attached hydrogen (secondary N) is 1. The van der Waals surface area contributed by atoms with Crippen LogP contribution in [0.3, 0.4) is 0 Å². The molecule has 5 nitrogen and oxygen atoms in total. The van der Waals surface area contributed by atoms with Crippen molar-refractivity contribution >= 4 is 29.1 Å². The first-order valence-electron chi connectivity index (χ1n) is 12.1. The fourth-order valence-corrected chi connectivity index (χ4v) is 6.61. The minimum atomic E-state index is -0.357. The standard InChI is InChI=1S/C27H33Cl2NO4/c1-3-27-11-10-22(21-9-8-20(16-23(21)29)34-15-14-33-13-12-31)24(18-4-6-19(28)7-5-18)25(27)17(2)30-26(27)32/h4-9,16-17,22,24-25,31H,3,10-15H2,1-2H3,(H,30,32)/t17?,22-,24-,25-,27+/m0/s1. The van der Waals surface area contributed by atoms with Gasteiger partial charge in [-0.1, -0.05) is 48.3 Å². The second-order valence-electron chi connectivity index (χ2n) is 9.39. The van der Waals surface area contributed by atoms with E-state index in [0.717, 1.165) is 24.8 Å². The van der Waals surface area contributed by atoms with E-state index in [-0.39, 0.29) is 41.7 Å². The highest BCUT2D eigenvalue weighted by atomic mass is 35.5. The van der Waals surface area contributed by atoms with Crippen LogP contribution in [0, 0.1) is 11.3 Å². The van der Waals surface area contributed by atoms with Gasteiger partial charge >= 0.3 is 0 Å². The fraction of sp³-hybridized carbons (Fsp3) is 0.519. The Kier molecular flexibility index (Phi) is 8.08. The average Bonchev–Trinajstić information content (AvgIpc) is 3.09. The molecule has 0 radical (unpaired) electrons. The summed E-state index contributed by atoms with van der Waals surface area (Å²) in [6.45, 7) is 5.35. The minimum absolute atomic E-state index is 0.00323. The summed E-state index contributed by atoms with van der Waals surface area (Å²) in [5, 5.41) is 13.4. The number of fused-ring (bicyclic) bond motifs is 1. The summed E-state index contributed by atoms with van der Waals surface area (Å²) in [5.41, 5.74) is 1.92. The van der Waals surface area contributed by atoms with Crippen LogP contribution in [0.1, 0.15) is 56.1 Å². The van der Waals surface area contributed by atoms with Crippen molar-refractivity contribution in [2.45, 2.75) is 51.0 Å². The third-order valence-electron chi connectivity index (χ3n) is 7.70. The molecule has 2 fully saturated rings. The number of rotatable bonds is 9. The Morgan fingerprint density at radius 1 is 1.12 bits per heavy atom. The zero-order valence-electron chi connectivity index (χ0n) is 19.7. The zero-order chi connectivity index (χ0) is 24.3. The molecule has 0 spiro atoms. The van der Waals surface area contributed by atoms with Crippen molar-refractivity contribution in [1.29, 1.82) is 0 Å². The molecule has 1 heterocycles. The molecule has 1 saturated heterocycles. The van der Waals surface area contributed by atoms with E-state index in [1.54, 1.807) is 0 Å². The molecule has 34 heavy (non-hydrogen) atoms. The summed E-state index contributed by atoms with van der Waals surface area (Å²) in [5.74, 6) is 1.35. The van der Waals surface area contributed by atoms with Crippen LogP contribution in [0.15, 0.2) is 42.5 Å². The summed E-state index contributed by atoms with van der Waals surface area (Å²) in [6.07, 6.45) is 2.55. The van der Waals surface area contributed by atoms with Crippen molar-refractivity contribution < 1.29 is 19.4 Å². The number of carbonyl (C=O) groups excluding carboxylic acids is 1. The lowest BCUT2D eigenvalue weighted by Gasteiger charge is -2.47. The summed E-state index contributed by atoms with van der Waals surface area (Å²) in [7, 11) is 0. The van der Waals surface area contributed by atoms with E-state index in [2.05, 4.69) is 37.4 Å². The SMILES string of the molecule is CC[C@@]12CC[C@@H](c3ccc(OCCOCCO)cc3Cl)[C@H](c3ccc(Cl)cc3)[C@@H]1C(C)NC2=O. The molecule has 0 bridgehead atoms. The quantitative estimate of drug-likeness (QED) is 0.437. The molecule has 1 aliphatic carbocycles. The lowest BCUT2D eigenvalue weighted by Crippen LogP contribution is -2.43. The van der Waals surface area contributed by atoms with Gasteiger partial charge in [-0.05, 0) is 73.4 Å². The maximum atomic E-state index is 13.1. The molecular formula is C27H33Cl2NO4. The number of hydrogen-bond donors (Lipinski definition) is 2. The smallest absolute Gasteiger partial charge is 0.226 e. The van der Waals surface area contributed by atoms with Gasteiger partial charge in [0.1, 0.15) is 12.4 Å². The van der Waals surface area contributed by atoms with Crippen LogP contribution in [0.2, 0.25) is 10.0 Å². The van der Waals surface area contributed by atoms with E-state index in [0.29, 0.717) is 35.6 Å². The Hall–Kier alpha value is -1.79. The highest BCUT2D eigenvalue weighted by molar-refractivity contribution is 6.31. The third-order valence-corrected chi connectivity index (χ3v) is 8.28. The predicted octanol–water partition coefficient (Wildman–Crippen LogP) is 5.57. The monoisotopic (exact) mass is 505 g/mol. The van der Waals surface area contributed by atoms with Gasteiger partial charge in [-0.3, -0.25) is 4.79 Å². The molecule has 1 unspecified atom stereocenters. The van der Waals surface area contributed by atoms with Gasteiger partial charge in [0.25, 0.3) is 0 Å². The van der Waals surface area contributed by atoms with Gasteiger partial charge in [-0.15, -0.1) is 0 Å². The number of halogens is 2. The van der Waals surface area contributed by atoms with Crippen LogP contribution < -0.4 is 10.1 Å². The number of amides is 1. The zero-order valence-corrected chi connectivity index (χ0v) is 21.2. The highest BCUT2D eigenvalue weighted by Crippen LogP contribution is 2.60. The minimum Gasteiger partial charge on any atom is -0.491 e. The molecule has 2 aromatic carbocycles. The first-order valence-corrected chi connectivity index (χ1v) is 12.8. The summed E-state index contributed by atoms with van der Waals surface area (Å²) >= 11 is 13.0. The Morgan fingerprint density at radius 3 is 2.56 bits per heavy atom. The maximum Gasteiger partial charge on any atom is 0.226 e. The van der Waals surface area contributed by atoms with E-state index in [9.17, 15) is 4.79 Å². The van der Waals surface area contributed by atoms with Crippen molar-refractivity contribution in [3.05, 3.63) is 63.6 Å². The van der Waals surface area contributed by atoms with E-state index in [1.807, 2.05) is 24.3 Å². The number of ether oxygens (including phenoxy) is 2. The molecule has 2 aliphatic rings. The van der Waals surface area contributed by atoms with Gasteiger partial charge < -0.3 is 19.9 Å². The largest absolute Gasteiger partial charge is 0.491 e. The maximum absolute atomic E-state index is 13.1. The average molecular weight is 506 g/mol. The Morgan fingerprint density at radius 2 is 1.88 bits per heavy atom. The van der Waals surface area contributed by atoms with Crippen LogP contribution in [0.4, 0.5) is 0 Å². The van der Waals surface area contributed by atoms with Crippen LogP contribution in [0.5, 0.6) is 5.75 Å². The topological polar surface area (TPSA) is 67.8 Å². The number of benzene rings is 2. The number of aliphatic hydroxyl groups excluding tert-OH is 1. The Bertz CT molecular complexity index is 999. The molecule has 0 aromatic heterocycles. The van der Waals surface area contributed by atoms with E-state index < -0.39 is 0 Å². The number of carbonyl (C=O) groups is 1. The van der Waals surface area contributed by atoms with Crippen LogP contribution in [0.25, 0.3) is 0 Å². The van der Waals surface area contributed by atoms with Gasteiger partial charge in [-0.2, -0.15) is 0 Å². The van der Waals surface area contributed by atoms with Gasteiger partial charge in [-0.25, -0.2) is 0 Å². The van der Waals surface area contributed by atoms with Gasteiger partial charge in [0.2, 0.25) is 5.91 Å². The van der Waals surface area contributed by atoms with E-state index in [1.165, 1.54) is 5.56 Å². The number of hydrogen-bond acceptors (Lipinski definition) is 4. The van der Waals surface area contributed by atoms with Crippen molar-refractivity contribution in [2.75, 3.05) is 26.4 Å². The molecule has 2 N–H and O–H groups in total. The van der Waals surface area contributed by atoms with Gasteiger partial charge in [0.15, 0.2) is 0 Å². The molecule has 1 aliphatic heterocycles. The lowest BCUT2D eigenvalue weighted by atomic mass is 9.54. The van der Waals surface area contributed by atoms with Crippen molar-refractivity contribution in [3.8, 4) is 5.75 Å². The lowest BCUT2D eigenvalue weighted by molar-refractivity contribution is -0.131. The van der Waals surface area contributed by atoms with E-state index in [4.69, 9.17) is 37.8 Å². The number of aliphatic hydroxyl groups is 1. The Balaban J connectivity index is 1.65. The molecule has 1 amide bonds. The normalized spacial score (nSPS) is 28.4. The third kappa shape index (κ3) is 4.81. The Labute approximate surface area is 211 Å². The van der Waals surface area contributed by atoms with Crippen LogP contribution in [-0.2, 0) is 9.53 Å². The molecule has 4 rings (SSSR count). The summed E-state index contributed by atoms with van der Waals surface area (Å²) in [4.78, 5) is 13.1. The molecule has 184 valence electrons. The van der Waals surface area contributed by atoms with Crippen LogP contribution >= 0.6 is 23.2 Å². The van der Waals surface area contributed by atoms with Crippen molar-refractivity contribution in [3.63, 3.8) is 0 Å². The predicted molar refractivity (Wildman–Crippen MR) is 135 cm³/mol. The van der Waals surface area contributed by atoms with Crippen LogP contribution in [-0.4, -0.2) is 43.5 Å². The second-order valence-corrected chi connectivity index (χ2v) is 10.2. The molecular weight excluding hydrogens is 473 g/mol. The summed E-state index contributed by atoms with van der Waals surface area (Å²) < 4.78 is 11.0. The second kappa shape index (κ2) is 10.9. The molecule has 5 atom stereocenters. The van der Waals surface area contributed by atoms with Crippen molar-refractivity contribution in [2.24, 2.45) is 11.3 Å². The van der Waals surface area contributed by atoms with E-state index >= 15 is 0 Å².